The number of hydrogen-bond donors (Lipinski definition) is 0. The van der Waals surface area contributed by atoms with Crippen LogP contribution in [0.25, 0.3) is 0 Å². The van der Waals surface area contributed by atoms with Gasteiger partial charge in [-0.3, -0.25) is 14.4 Å². The third-order valence-corrected chi connectivity index (χ3v) is 14.7. The Kier molecular flexibility index (Phi) is 65.2. The van der Waals surface area contributed by atoms with Gasteiger partial charge in [-0.15, -0.1) is 0 Å². The van der Waals surface area contributed by atoms with Gasteiger partial charge < -0.3 is 14.2 Å². The van der Waals surface area contributed by atoms with Crippen molar-refractivity contribution >= 4 is 17.9 Å². The molecule has 464 valence electrons. The van der Waals surface area contributed by atoms with Gasteiger partial charge >= 0.3 is 17.9 Å². The Morgan fingerprint density at radius 3 is 0.765 bits per heavy atom. The molecular weight excluding hydrogens is 997 g/mol. The third-order valence-electron chi connectivity index (χ3n) is 14.7. The molecule has 0 aliphatic rings. The number of ether oxygens (including phenoxy) is 3. The maximum absolute atomic E-state index is 12.9. The van der Waals surface area contributed by atoms with E-state index in [1.54, 1.807) is 0 Å². The first-order chi connectivity index (χ1) is 40.0. The standard InChI is InChI=1S/C75H128O6/c1-4-7-10-13-16-19-22-25-28-30-32-33-34-35-36-37-38-39-40-41-43-44-47-50-53-56-59-62-65-68-74(77)80-71-72(70-79-73(76)67-64-61-58-55-52-49-46-27-24-21-18-15-12-9-6-3)81-75(78)69-66-63-60-57-54-51-48-45-42-31-29-26-23-20-17-14-11-8-5-2/h7,9-10,12,16,18-19,21,25-29,32-33,35-36,46,72H,4-6,8,11,13-15,17,20,22-24,30-31,34,37-45,47-71H2,1-3H3/b10-7-,12-9-,19-16-,21-18-,28-25-,29-26-,33-32-,36-35-,46-27-. The lowest BCUT2D eigenvalue weighted by Gasteiger charge is -2.18. The summed E-state index contributed by atoms with van der Waals surface area (Å²) in [6.45, 7) is 6.43. The number of carbonyl (C=O) groups is 3. The molecule has 0 saturated heterocycles. The van der Waals surface area contributed by atoms with E-state index in [2.05, 4.69) is 130 Å². The van der Waals surface area contributed by atoms with Crippen molar-refractivity contribution in [1.82, 2.24) is 0 Å². The van der Waals surface area contributed by atoms with Gasteiger partial charge in [0.25, 0.3) is 0 Å². The summed E-state index contributed by atoms with van der Waals surface area (Å²) in [5.74, 6) is -0.892. The second kappa shape index (κ2) is 68.6. The molecule has 0 bridgehead atoms. The van der Waals surface area contributed by atoms with Crippen LogP contribution < -0.4 is 0 Å². The van der Waals surface area contributed by atoms with E-state index in [1.807, 2.05) is 0 Å². The van der Waals surface area contributed by atoms with Crippen LogP contribution in [-0.4, -0.2) is 37.2 Å². The molecule has 1 unspecified atom stereocenters. The normalized spacial score (nSPS) is 12.8. The monoisotopic (exact) mass is 1120 g/mol. The zero-order valence-corrected chi connectivity index (χ0v) is 53.3. The molecule has 0 N–H and O–H groups in total. The van der Waals surface area contributed by atoms with Gasteiger partial charge in [0.1, 0.15) is 13.2 Å². The van der Waals surface area contributed by atoms with Gasteiger partial charge in [0.2, 0.25) is 0 Å². The van der Waals surface area contributed by atoms with Crippen molar-refractivity contribution in [2.24, 2.45) is 0 Å². The van der Waals surface area contributed by atoms with Crippen LogP contribution in [0.1, 0.15) is 329 Å². The second-order valence-electron chi connectivity index (χ2n) is 22.7. The minimum atomic E-state index is -0.789. The predicted octanol–water partition coefficient (Wildman–Crippen LogP) is 23.8. The first-order valence-corrected chi connectivity index (χ1v) is 34.4. The highest BCUT2D eigenvalue weighted by atomic mass is 16.6. The van der Waals surface area contributed by atoms with E-state index in [1.165, 1.54) is 161 Å². The Labute approximate surface area is 501 Å². The second-order valence-corrected chi connectivity index (χ2v) is 22.7. The van der Waals surface area contributed by atoms with E-state index in [4.69, 9.17) is 14.2 Å². The van der Waals surface area contributed by atoms with Crippen LogP contribution in [-0.2, 0) is 28.6 Å². The summed E-state index contributed by atoms with van der Waals surface area (Å²) in [5, 5.41) is 0. The van der Waals surface area contributed by atoms with Crippen LogP contribution in [0.5, 0.6) is 0 Å². The Morgan fingerprint density at radius 2 is 0.481 bits per heavy atom. The van der Waals surface area contributed by atoms with E-state index in [0.717, 1.165) is 128 Å². The SMILES string of the molecule is CC/C=C\C/C=C\C/C=C\C/C=C\C/C=C\CCCCCCCCCCCCCCCC(=O)OCC(COC(=O)CCCCCCC/C=C\C/C=C\C/C=C\CC)OC(=O)CCCCCCCCCCC/C=C\CCCCCCCC. The average molecular weight is 1130 g/mol. The number of rotatable bonds is 62. The maximum Gasteiger partial charge on any atom is 0.306 e. The molecule has 0 aromatic heterocycles. The van der Waals surface area contributed by atoms with Crippen LogP contribution in [0, 0.1) is 0 Å². The Morgan fingerprint density at radius 1 is 0.259 bits per heavy atom. The number of hydrogen-bond acceptors (Lipinski definition) is 6. The summed E-state index contributed by atoms with van der Waals surface area (Å²) in [6, 6.07) is 0. The lowest BCUT2D eigenvalue weighted by Crippen LogP contribution is -2.30. The minimum Gasteiger partial charge on any atom is -0.462 e. The first-order valence-electron chi connectivity index (χ1n) is 34.4. The van der Waals surface area contributed by atoms with E-state index < -0.39 is 6.10 Å². The zero-order valence-electron chi connectivity index (χ0n) is 53.3. The maximum atomic E-state index is 12.9. The molecule has 6 heteroatoms. The van der Waals surface area contributed by atoms with Crippen molar-refractivity contribution < 1.29 is 28.6 Å². The molecule has 0 aromatic rings. The largest absolute Gasteiger partial charge is 0.462 e. The summed E-state index contributed by atoms with van der Waals surface area (Å²) in [6.07, 6.45) is 93.9. The Hall–Kier alpha value is -3.93. The van der Waals surface area contributed by atoms with E-state index >= 15 is 0 Å². The minimum absolute atomic E-state index is 0.0839. The molecule has 0 aliphatic heterocycles. The average Bonchev–Trinajstić information content (AvgIpc) is 3.47. The summed E-state index contributed by atoms with van der Waals surface area (Å²) >= 11 is 0. The van der Waals surface area contributed by atoms with Crippen molar-refractivity contribution in [3.63, 3.8) is 0 Å². The summed E-state index contributed by atoms with van der Waals surface area (Å²) in [5.41, 5.74) is 0. The molecular formula is C75H128O6. The van der Waals surface area contributed by atoms with Gasteiger partial charge in [0, 0.05) is 19.3 Å². The van der Waals surface area contributed by atoms with Crippen molar-refractivity contribution in [3.8, 4) is 0 Å². The van der Waals surface area contributed by atoms with Crippen molar-refractivity contribution in [2.45, 2.75) is 335 Å². The fraction of sp³-hybridized carbons (Fsp3) is 0.720. The fourth-order valence-corrected chi connectivity index (χ4v) is 9.66. The number of allylic oxidation sites excluding steroid dienone is 18. The molecule has 0 heterocycles. The first kappa shape index (κ1) is 77.1. The Balaban J connectivity index is 4.30. The number of carbonyl (C=O) groups excluding carboxylic acids is 3. The molecule has 0 amide bonds. The highest BCUT2D eigenvalue weighted by Gasteiger charge is 2.19. The summed E-state index contributed by atoms with van der Waals surface area (Å²) in [4.78, 5) is 38.4. The van der Waals surface area contributed by atoms with E-state index in [-0.39, 0.29) is 31.1 Å². The van der Waals surface area contributed by atoms with Gasteiger partial charge in [-0.2, -0.15) is 0 Å². The molecule has 0 radical (unpaired) electrons. The Bertz CT molecular complexity index is 1620. The van der Waals surface area contributed by atoms with E-state index in [9.17, 15) is 14.4 Å². The molecule has 0 fully saturated rings. The van der Waals surface area contributed by atoms with Gasteiger partial charge in [0.05, 0.1) is 0 Å². The van der Waals surface area contributed by atoms with Crippen LogP contribution in [0.2, 0.25) is 0 Å². The van der Waals surface area contributed by atoms with Crippen LogP contribution >= 0.6 is 0 Å². The van der Waals surface area contributed by atoms with Crippen molar-refractivity contribution in [3.05, 3.63) is 109 Å². The molecule has 0 saturated carbocycles. The molecule has 0 spiro atoms. The third kappa shape index (κ3) is 66.8. The smallest absolute Gasteiger partial charge is 0.306 e. The van der Waals surface area contributed by atoms with Crippen molar-refractivity contribution in [1.29, 1.82) is 0 Å². The lowest BCUT2D eigenvalue weighted by molar-refractivity contribution is -0.167. The molecule has 0 rings (SSSR count). The van der Waals surface area contributed by atoms with E-state index in [0.29, 0.717) is 19.3 Å². The number of unbranched alkanes of at least 4 members (excludes halogenated alkanes) is 33. The summed E-state index contributed by atoms with van der Waals surface area (Å²) in [7, 11) is 0. The molecule has 6 nitrogen and oxygen atoms in total. The quantitative estimate of drug-likeness (QED) is 0.0261. The van der Waals surface area contributed by atoms with Gasteiger partial charge in [0.15, 0.2) is 6.10 Å². The lowest BCUT2D eigenvalue weighted by atomic mass is 10.0. The predicted molar refractivity (Wildman–Crippen MR) is 353 cm³/mol. The molecule has 0 aromatic carbocycles. The molecule has 0 aliphatic carbocycles. The van der Waals surface area contributed by atoms with Gasteiger partial charge in [-0.25, -0.2) is 0 Å². The zero-order chi connectivity index (χ0) is 58.5. The molecule has 1 atom stereocenters. The fourth-order valence-electron chi connectivity index (χ4n) is 9.66. The highest BCUT2D eigenvalue weighted by molar-refractivity contribution is 5.71. The molecule has 81 heavy (non-hydrogen) atoms. The van der Waals surface area contributed by atoms with Crippen molar-refractivity contribution in [2.75, 3.05) is 13.2 Å². The van der Waals surface area contributed by atoms with Crippen LogP contribution in [0.4, 0.5) is 0 Å². The van der Waals surface area contributed by atoms with Gasteiger partial charge in [-0.1, -0.05) is 297 Å². The highest BCUT2D eigenvalue weighted by Crippen LogP contribution is 2.17. The van der Waals surface area contributed by atoms with Crippen LogP contribution in [0.15, 0.2) is 109 Å². The number of esters is 3. The summed E-state index contributed by atoms with van der Waals surface area (Å²) < 4.78 is 17.0. The van der Waals surface area contributed by atoms with Crippen LogP contribution in [0.3, 0.4) is 0 Å². The van der Waals surface area contributed by atoms with Gasteiger partial charge in [-0.05, 0) is 122 Å². The topological polar surface area (TPSA) is 78.9 Å².